The predicted octanol–water partition coefficient (Wildman–Crippen LogP) is 3.37. The van der Waals surface area contributed by atoms with Crippen LogP contribution in [0, 0.1) is 0 Å². The van der Waals surface area contributed by atoms with E-state index >= 15 is 0 Å². The Bertz CT molecular complexity index is 749. The Morgan fingerprint density at radius 2 is 1.71 bits per heavy atom. The van der Waals surface area contributed by atoms with Gasteiger partial charge in [-0.1, -0.05) is 12.1 Å². The van der Waals surface area contributed by atoms with Gasteiger partial charge in [-0.05, 0) is 24.3 Å². The van der Waals surface area contributed by atoms with Crippen LogP contribution in [0.1, 0.15) is 5.56 Å². The number of fused-ring (bicyclic) bond motifs is 2. The van der Waals surface area contributed by atoms with Crippen molar-refractivity contribution in [2.45, 2.75) is 12.3 Å². The quantitative estimate of drug-likeness (QED) is 0.679. The van der Waals surface area contributed by atoms with Crippen LogP contribution in [0.25, 0.3) is 0 Å². The normalized spacial score (nSPS) is 14.0. The SMILES string of the molecule is OCC(O)CNc1cc(C(F)(F)F)cc2c1Oc1ccccc1O2. The van der Waals surface area contributed by atoms with Gasteiger partial charge in [-0.3, -0.25) is 0 Å². The summed E-state index contributed by atoms with van der Waals surface area (Å²) >= 11 is 0. The maximum atomic E-state index is 13.1. The number of hydrogen-bond acceptors (Lipinski definition) is 5. The summed E-state index contributed by atoms with van der Waals surface area (Å²) in [4.78, 5) is 0. The molecule has 0 spiro atoms. The van der Waals surface area contributed by atoms with Crippen molar-refractivity contribution in [3.8, 4) is 23.0 Å². The van der Waals surface area contributed by atoms with Crippen LogP contribution < -0.4 is 14.8 Å². The number of halogens is 3. The smallest absolute Gasteiger partial charge is 0.416 e. The molecule has 128 valence electrons. The summed E-state index contributed by atoms with van der Waals surface area (Å²) in [5.74, 6) is 0.692. The maximum absolute atomic E-state index is 13.1. The molecule has 1 aliphatic heterocycles. The molecule has 0 saturated carbocycles. The van der Waals surface area contributed by atoms with Gasteiger partial charge in [-0.15, -0.1) is 0 Å². The monoisotopic (exact) mass is 341 g/mol. The Balaban J connectivity index is 2.01. The van der Waals surface area contributed by atoms with E-state index in [2.05, 4.69) is 5.32 Å². The van der Waals surface area contributed by atoms with E-state index in [0.717, 1.165) is 12.1 Å². The van der Waals surface area contributed by atoms with Crippen molar-refractivity contribution in [2.75, 3.05) is 18.5 Å². The fourth-order valence-electron chi connectivity index (χ4n) is 2.22. The van der Waals surface area contributed by atoms with Gasteiger partial charge in [0.1, 0.15) is 0 Å². The molecule has 0 fully saturated rings. The lowest BCUT2D eigenvalue weighted by molar-refractivity contribution is -0.137. The van der Waals surface area contributed by atoms with Crippen molar-refractivity contribution in [3.05, 3.63) is 42.0 Å². The van der Waals surface area contributed by atoms with Crippen LogP contribution in [0.2, 0.25) is 0 Å². The first-order valence-electron chi connectivity index (χ1n) is 7.11. The summed E-state index contributed by atoms with van der Waals surface area (Å²) in [5, 5.41) is 20.9. The number of alkyl halides is 3. The van der Waals surface area contributed by atoms with Gasteiger partial charge in [0, 0.05) is 6.54 Å². The summed E-state index contributed by atoms with van der Waals surface area (Å²) in [5.41, 5.74) is -0.896. The second-order valence-corrected chi connectivity index (χ2v) is 5.22. The zero-order valence-corrected chi connectivity index (χ0v) is 12.3. The standard InChI is InChI=1S/C16H14F3NO4/c17-16(18,19)9-5-11(20-7-10(22)8-21)15-14(6-9)23-12-3-1-2-4-13(12)24-15/h1-6,10,20-22H,7-8H2. The van der Waals surface area contributed by atoms with E-state index in [1.54, 1.807) is 24.3 Å². The van der Waals surface area contributed by atoms with Crippen molar-refractivity contribution in [3.63, 3.8) is 0 Å². The van der Waals surface area contributed by atoms with Gasteiger partial charge in [0.25, 0.3) is 0 Å². The van der Waals surface area contributed by atoms with Crippen LogP contribution in [0.15, 0.2) is 36.4 Å². The summed E-state index contributed by atoms with van der Waals surface area (Å²) in [6.07, 6.45) is -5.69. The maximum Gasteiger partial charge on any atom is 0.416 e. The minimum atomic E-state index is -4.57. The molecule has 0 aromatic heterocycles. The van der Waals surface area contributed by atoms with Gasteiger partial charge in [-0.25, -0.2) is 0 Å². The number of para-hydroxylation sites is 2. The van der Waals surface area contributed by atoms with Crippen molar-refractivity contribution < 1.29 is 32.9 Å². The Kier molecular flexibility index (Phi) is 4.25. The molecular weight excluding hydrogens is 327 g/mol. The molecule has 0 aliphatic carbocycles. The van der Waals surface area contributed by atoms with E-state index in [1.807, 2.05) is 0 Å². The van der Waals surface area contributed by atoms with Crippen LogP contribution in [0.5, 0.6) is 23.0 Å². The first-order chi connectivity index (χ1) is 11.4. The minimum Gasteiger partial charge on any atom is -0.449 e. The van der Waals surface area contributed by atoms with Crippen LogP contribution >= 0.6 is 0 Å². The third-order valence-corrected chi connectivity index (χ3v) is 3.40. The van der Waals surface area contributed by atoms with E-state index < -0.39 is 24.5 Å². The minimum absolute atomic E-state index is 0.0156. The molecule has 3 rings (SSSR count). The first-order valence-corrected chi connectivity index (χ1v) is 7.11. The van der Waals surface area contributed by atoms with Crippen LogP contribution in [-0.2, 0) is 6.18 Å². The number of anilines is 1. The Labute approximate surface area is 135 Å². The molecule has 24 heavy (non-hydrogen) atoms. The lowest BCUT2D eigenvalue weighted by Gasteiger charge is -2.24. The number of rotatable bonds is 4. The highest BCUT2D eigenvalue weighted by atomic mass is 19.4. The third kappa shape index (κ3) is 3.24. The highest BCUT2D eigenvalue weighted by Crippen LogP contribution is 2.50. The lowest BCUT2D eigenvalue weighted by atomic mass is 10.1. The highest BCUT2D eigenvalue weighted by Gasteiger charge is 2.34. The van der Waals surface area contributed by atoms with E-state index in [-0.39, 0.29) is 23.7 Å². The predicted molar refractivity (Wildman–Crippen MR) is 79.6 cm³/mol. The summed E-state index contributed by atoms with van der Waals surface area (Å²) in [6, 6.07) is 8.33. The molecule has 0 saturated heterocycles. The van der Waals surface area contributed by atoms with Gasteiger partial charge >= 0.3 is 6.18 Å². The lowest BCUT2D eigenvalue weighted by Crippen LogP contribution is -2.23. The fraction of sp³-hybridized carbons (Fsp3) is 0.250. The molecule has 0 bridgehead atoms. The van der Waals surface area contributed by atoms with Gasteiger partial charge in [0.15, 0.2) is 23.0 Å². The Hall–Kier alpha value is -2.45. The molecule has 3 N–H and O–H groups in total. The van der Waals surface area contributed by atoms with Crippen molar-refractivity contribution >= 4 is 5.69 Å². The van der Waals surface area contributed by atoms with E-state index in [9.17, 15) is 18.3 Å². The number of benzene rings is 2. The molecule has 1 unspecified atom stereocenters. The number of ether oxygens (including phenoxy) is 2. The molecule has 1 aliphatic rings. The molecule has 1 atom stereocenters. The fourth-order valence-corrected chi connectivity index (χ4v) is 2.22. The van der Waals surface area contributed by atoms with Gasteiger partial charge in [0.2, 0.25) is 0 Å². The van der Waals surface area contributed by atoms with E-state index in [1.165, 1.54) is 0 Å². The second-order valence-electron chi connectivity index (χ2n) is 5.22. The molecular formula is C16H14F3NO4. The number of aliphatic hydroxyl groups excluding tert-OH is 2. The number of aliphatic hydroxyl groups is 2. The number of hydrogen-bond donors (Lipinski definition) is 3. The molecule has 2 aromatic rings. The number of nitrogens with one attached hydrogen (secondary N) is 1. The summed E-state index contributed by atoms with van der Waals surface area (Å²) < 4.78 is 50.4. The van der Waals surface area contributed by atoms with Crippen LogP contribution in [0.3, 0.4) is 0 Å². The molecule has 1 heterocycles. The topological polar surface area (TPSA) is 71.0 Å². The van der Waals surface area contributed by atoms with Crippen molar-refractivity contribution in [1.29, 1.82) is 0 Å². The van der Waals surface area contributed by atoms with Crippen molar-refractivity contribution in [2.24, 2.45) is 0 Å². The van der Waals surface area contributed by atoms with Crippen molar-refractivity contribution in [1.82, 2.24) is 0 Å². The highest BCUT2D eigenvalue weighted by molar-refractivity contribution is 5.69. The van der Waals surface area contributed by atoms with E-state index in [0.29, 0.717) is 11.5 Å². The Morgan fingerprint density at radius 3 is 2.33 bits per heavy atom. The first kappa shape index (κ1) is 16.4. The van der Waals surface area contributed by atoms with Gasteiger partial charge in [0.05, 0.1) is 24.0 Å². The molecule has 2 aromatic carbocycles. The van der Waals surface area contributed by atoms with Crippen LogP contribution in [0.4, 0.5) is 18.9 Å². The van der Waals surface area contributed by atoms with E-state index in [4.69, 9.17) is 14.6 Å². The molecule has 0 amide bonds. The Morgan fingerprint density at radius 1 is 1.04 bits per heavy atom. The summed E-state index contributed by atoms with van der Waals surface area (Å²) in [6.45, 7) is -0.663. The molecule has 5 nitrogen and oxygen atoms in total. The second kappa shape index (κ2) is 6.21. The molecule has 0 radical (unpaired) electrons. The van der Waals surface area contributed by atoms with Gasteiger partial charge < -0.3 is 25.0 Å². The van der Waals surface area contributed by atoms with Crippen LogP contribution in [-0.4, -0.2) is 29.5 Å². The average Bonchev–Trinajstić information content (AvgIpc) is 2.56. The zero-order valence-electron chi connectivity index (χ0n) is 12.3. The molecule has 8 heteroatoms. The largest absolute Gasteiger partial charge is 0.449 e. The average molecular weight is 341 g/mol. The van der Waals surface area contributed by atoms with Gasteiger partial charge in [-0.2, -0.15) is 13.2 Å². The summed E-state index contributed by atoms with van der Waals surface area (Å²) in [7, 11) is 0. The third-order valence-electron chi connectivity index (χ3n) is 3.40. The zero-order chi connectivity index (χ0) is 17.3.